The van der Waals surface area contributed by atoms with Crippen LogP contribution in [0.2, 0.25) is 5.02 Å². The number of benzene rings is 2. The topological polar surface area (TPSA) is 21.3 Å². The maximum atomic E-state index is 6.12. The van der Waals surface area contributed by atoms with Crippen LogP contribution in [-0.4, -0.2) is 13.2 Å². The van der Waals surface area contributed by atoms with E-state index in [-0.39, 0.29) is 0 Å². The minimum Gasteiger partial charge on any atom is -0.492 e. The van der Waals surface area contributed by atoms with E-state index >= 15 is 0 Å². The molecule has 2 rings (SSSR count). The minimum absolute atomic E-state index is 0.620. The number of aryl methyl sites for hydroxylation is 2. The van der Waals surface area contributed by atoms with E-state index in [2.05, 4.69) is 5.32 Å². The molecule has 0 heterocycles. The summed E-state index contributed by atoms with van der Waals surface area (Å²) in [6.07, 6.45) is 0. The third-order valence-corrected chi connectivity index (χ3v) is 3.48. The molecule has 19 heavy (non-hydrogen) atoms. The van der Waals surface area contributed by atoms with Gasteiger partial charge in [-0.2, -0.15) is 0 Å². The van der Waals surface area contributed by atoms with Gasteiger partial charge in [-0.15, -0.1) is 0 Å². The maximum Gasteiger partial charge on any atom is 0.120 e. The zero-order valence-corrected chi connectivity index (χ0v) is 12.0. The Bertz CT molecular complexity index is 517. The summed E-state index contributed by atoms with van der Waals surface area (Å²) >= 11 is 6.12. The van der Waals surface area contributed by atoms with E-state index < -0.39 is 0 Å². The van der Waals surface area contributed by atoms with E-state index in [9.17, 15) is 0 Å². The summed E-state index contributed by atoms with van der Waals surface area (Å²) in [6.45, 7) is 5.37. The van der Waals surface area contributed by atoms with Gasteiger partial charge in [0, 0.05) is 17.3 Å². The fourth-order valence-corrected chi connectivity index (χ4v) is 2.02. The van der Waals surface area contributed by atoms with Crippen molar-refractivity contribution in [3.05, 3.63) is 58.6 Å². The fourth-order valence-electron chi connectivity index (χ4n) is 1.91. The van der Waals surface area contributed by atoms with Crippen LogP contribution in [0.15, 0.2) is 42.5 Å². The number of halogens is 1. The Morgan fingerprint density at radius 2 is 1.68 bits per heavy atom. The van der Waals surface area contributed by atoms with Gasteiger partial charge in [0.2, 0.25) is 0 Å². The molecule has 0 fully saturated rings. The lowest BCUT2D eigenvalue weighted by Crippen LogP contribution is -2.11. The summed E-state index contributed by atoms with van der Waals surface area (Å²) in [5.41, 5.74) is 3.20. The lowest BCUT2D eigenvalue weighted by Gasteiger charge is -2.11. The van der Waals surface area contributed by atoms with Crippen LogP contribution in [-0.2, 0) is 0 Å². The zero-order valence-electron chi connectivity index (χ0n) is 11.2. The van der Waals surface area contributed by atoms with Crippen LogP contribution >= 0.6 is 11.6 Å². The first-order chi connectivity index (χ1) is 9.16. The van der Waals surface area contributed by atoms with Gasteiger partial charge in [0.05, 0.1) is 0 Å². The van der Waals surface area contributed by atoms with Crippen molar-refractivity contribution in [3.63, 3.8) is 0 Å². The molecular weight excluding hydrogens is 258 g/mol. The van der Waals surface area contributed by atoms with Gasteiger partial charge in [0.25, 0.3) is 0 Å². The third-order valence-electron chi connectivity index (χ3n) is 2.88. The van der Waals surface area contributed by atoms with E-state index in [0.29, 0.717) is 6.61 Å². The van der Waals surface area contributed by atoms with Gasteiger partial charge in [-0.1, -0.05) is 29.8 Å². The average Bonchev–Trinajstić information content (AvgIpc) is 2.42. The van der Waals surface area contributed by atoms with Crippen LogP contribution < -0.4 is 10.1 Å². The van der Waals surface area contributed by atoms with Crippen LogP contribution in [0, 0.1) is 13.8 Å². The summed E-state index contributed by atoms with van der Waals surface area (Å²) < 4.78 is 5.72. The highest BCUT2D eigenvalue weighted by Crippen LogP contribution is 2.25. The Balaban J connectivity index is 1.83. The molecule has 1 N–H and O–H groups in total. The molecule has 0 aromatic heterocycles. The van der Waals surface area contributed by atoms with Gasteiger partial charge in [-0.05, 0) is 49.2 Å². The molecule has 2 aromatic rings. The van der Waals surface area contributed by atoms with Crippen molar-refractivity contribution >= 4 is 17.3 Å². The van der Waals surface area contributed by atoms with Gasteiger partial charge in [-0.25, -0.2) is 0 Å². The number of hydrogen-bond acceptors (Lipinski definition) is 2. The summed E-state index contributed by atoms with van der Waals surface area (Å²) in [7, 11) is 0. The Labute approximate surface area is 119 Å². The zero-order chi connectivity index (χ0) is 13.7. The third kappa shape index (κ3) is 3.90. The molecule has 0 amide bonds. The second kappa shape index (κ2) is 6.48. The SMILES string of the molecule is Cc1cc(OCCNc2ccccc2)cc(C)c1Cl. The molecular formula is C16H18ClNO. The van der Waals surface area contributed by atoms with Crippen molar-refractivity contribution in [1.29, 1.82) is 0 Å². The molecule has 0 saturated heterocycles. The second-order valence-electron chi connectivity index (χ2n) is 4.51. The quantitative estimate of drug-likeness (QED) is 0.814. The molecule has 0 spiro atoms. The molecule has 0 aliphatic carbocycles. The van der Waals surface area contributed by atoms with Gasteiger partial charge >= 0.3 is 0 Å². The number of ether oxygens (including phenoxy) is 1. The van der Waals surface area contributed by atoms with Crippen molar-refractivity contribution in [2.75, 3.05) is 18.5 Å². The van der Waals surface area contributed by atoms with Gasteiger partial charge in [0.1, 0.15) is 12.4 Å². The van der Waals surface area contributed by atoms with Crippen molar-refractivity contribution in [3.8, 4) is 5.75 Å². The first-order valence-electron chi connectivity index (χ1n) is 6.35. The highest BCUT2D eigenvalue weighted by molar-refractivity contribution is 6.32. The molecule has 3 heteroatoms. The minimum atomic E-state index is 0.620. The van der Waals surface area contributed by atoms with Crippen LogP contribution in [0.5, 0.6) is 5.75 Å². The largest absolute Gasteiger partial charge is 0.492 e. The first-order valence-corrected chi connectivity index (χ1v) is 6.73. The average molecular weight is 276 g/mol. The van der Waals surface area contributed by atoms with E-state index in [1.54, 1.807) is 0 Å². The van der Waals surface area contributed by atoms with Crippen molar-refractivity contribution < 1.29 is 4.74 Å². The highest BCUT2D eigenvalue weighted by atomic mass is 35.5. The number of para-hydroxylation sites is 1. The predicted octanol–water partition coefficient (Wildman–Crippen LogP) is 4.45. The number of rotatable bonds is 5. The molecule has 0 atom stereocenters. The summed E-state index contributed by atoms with van der Waals surface area (Å²) in [5, 5.41) is 4.12. The van der Waals surface area contributed by atoms with Gasteiger partial charge in [-0.3, -0.25) is 0 Å². The fraction of sp³-hybridized carbons (Fsp3) is 0.250. The van der Waals surface area contributed by atoms with Crippen molar-refractivity contribution in [2.45, 2.75) is 13.8 Å². The standard InChI is InChI=1S/C16H18ClNO/c1-12-10-15(11-13(2)16(12)17)19-9-8-18-14-6-4-3-5-7-14/h3-7,10-11,18H,8-9H2,1-2H3. The normalized spacial score (nSPS) is 10.3. The van der Waals surface area contributed by atoms with Crippen LogP contribution in [0.25, 0.3) is 0 Å². The summed E-state index contributed by atoms with van der Waals surface area (Å²) in [4.78, 5) is 0. The second-order valence-corrected chi connectivity index (χ2v) is 4.89. The molecule has 2 nitrogen and oxygen atoms in total. The lowest BCUT2D eigenvalue weighted by molar-refractivity contribution is 0.332. The molecule has 0 aliphatic rings. The lowest BCUT2D eigenvalue weighted by atomic mass is 10.1. The molecule has 100 valence electrons. The van der Waals surface area contributed by atoms with Crippen molar-refractivity contribution in [2.24, 2.45) is 0 Å². The smallest absolute Gasteiger partial charge is 0.120 e. The first kappa shape index (κ1) is 13.8. The molecule has 0 radical (unpaired) electrons. The molecule has 0 bridgehead atoms. The van der Waals surface area contributed by atoms with E-state index in [0.717, 1.165) is 34.1 Å². The van der Waals surface area contributed by atoms with Gasteiger partial charge in [0.15, 0.2) is 0 Å². The Kier molecular flexibility index (Phi) is 4.69. The molecule has 0 saturated carbocycles. The number of anilines is 1. The monoisotopic (exact) mass is 275 g/mol. The highest BCUT2D eigenvalue weighted by Gasteiger charge is 2.03. The Hall–Kier alpha value is -1.67. The Morgan fingerprint density at radius 3 is 2.32 bits per heavy atom. The number of nitrogens with one attached hydrogen (secondary N) is 1. The summed E-state index contributed by atoms with van der Waals surface area (Å²) in [5.74, 6) is 0.870. The predicted molar refractivity (Wildman–Crippen MR) is 81.4 cm³/mol. The maximum absolute atomic E-state index is 6.12. The Morgan fingerprint density at radius 1 is 1.05 bits per heavy atom. The molecule has 0 aliphatic heterocycles. The molecule has 2 aromatic carbocycles. The number of hydrogen-bond donors (Lipinski definition) is 1. The summed E-state index contributed by atoms with van der Waals surface area (Å²) in [6, 6.07) is 14.0. The van der Waals surface area contributed by atoms with Crippen LogP contribution in [0.4, 0.5) is 5.69 Å². The van der Waals surface area contributed by atoms with E-state index in [4.69, 9.17) is 16.3 Å². The van der Waals surface area contributed by atoms with E-state index in [1.807, 2.05) is 56.3 Å². The van der Waals surface area contributed by atoms with E-state index in [1.165, 1.54) is 0 Å². The van der Waals surface area contributed by atoms with Gasteiger partial charge < -0.3 is 10.1 Å². The molecule has 0 unspecified atom stereocenters. The van der Waals surface area contributed by atoms with Crippen molar-refractivity contribution in [1.82, 2.24) is 0 Å². The van der Waals surface area contributed by atoms with Crippen LogP contribution in [0.3, 0.4) is 0 Å². The van der Waals surface area contributed by atoms with Crippen LogP contribution in [0.1, 0.15) is 11.1 Å².